The topological polar surface area (TPSA) is 12.5 Å². The van der Waals surface area contributed by atoms with Gasteiger partial charge in [0.15, 0.2) is 0 Å². The van der Waals surface area contributed by atoms with Gasteiger partial charge < -0.3 is 4.74 Å². The van der Waals surface area contributed by atoms with Gasteiger partial charge in [0, 0.05) is 12.1 Å². The summed E-state index contributed by atoms with van der Waals surface area (Å²) in [6.07, 6.45) is -3.77. The standard InChI is InChI=1S/C23H31F6NO/c1-6-7-8-20(3)9-10-21(4,30(5)14-20)15-31-16(2)17-11-18(22(24,25)26)13-19(12-17)23(27,28)29/h6-7,11-13,16H,8-10,14-15H2,1-5H3/b7-6+. The molecule has 0 aromatic heterocycles. The van der Waals surface area contributed by atoms with Crippen LogP contribution in [-0.4, -0.2) is 30.6 Å². The molecule has 0 amide bonds. The number of rotatable bonds is 6. The van der Waals surface area contributed by atoms with Crippen LogP contribution >= 0.6 is 0 Å². The first-order valence-corrected chi connectivity index (χ1v) is 10.3. The van der Waals surface area contributed by atoms with E-state index in [0.717, 1.165) is 37.9 Å². The Morgan fingerprint density at radius 3 is 2.03 bits per heavy atom. The number of benzene rings is 1. The van der Waals surface area contributed by atoms with E-state index in [-0.39, 0.29) is 29.2 Å². The van der Waals surface area contributed by atoms with Gasteiger partial charge >= 0.3 is 12.4 Å². The van der Waals surface area contributed by atoms with Crippen molar-refractivity contribution in [3.8, 4) is 0 Å². The lowest BCUT2D eigenvalue weighted by Crippen LogP contribution is -2.55. The second-order valence-corrected chi connectivity index (χ2v) is 9.23. The third-order valence-corrected chi connectivity index (χ3v) is 6.38. The van der Waals surface area contributed by atoms with Crippen molar-refractivity contribution in [2.24, 2.45) is 5.41 Å². The first-order valence-electron chi connectivity index (χ1n) is 10.3. The summed E-state index contributed by atoms with van der Waals surface area (Å²) in [5.41, 5.74) is -3.02. The minimum atomic E-state index is -4.87. The third kappa shape index (κ3) is 6.48. The second-order valence-electron chi connectivity index (χ2n) is 9.23. The molecule has 176 valence electrons. The summed E-state index contributed by atoms with van der Waals surface area (Å²) >= 11 is 0. The molecule has 31 heavy (non-hydrogen) atoms. The van der Waals surface area contributed by atoms with Crippen LogP contribution in [0.3, 0.4) is 0 Å². The number of likely N-dealkylation sites (tertiary alicyclic amines) is 1. The fourth-order valence-electron chi connectivity index (χ4n) is 3.97. The molecule has 1 aromatic carbocycles. The molecule has 3 unspecified atom stereocenters. The van der Waals surface area contributed by atoms with Crippen molar-refractivity contribution in [1.29, 1.82) is 0 Å². The molecule has 3 atom stereocenters. The van der Waals surface area contributed by atoms with Crippen LogP contribution < -0.4 is 0 Å². The van der Waals surface area contributed by atoms with Crippen LogP contribution in [0.15, 0.2) is 30.4 Å². The van der Waals surface area contributed by atoms with Crippen molar-refractivity contribution >= 4 is 0 Å². The second kappa shape index (κ2) is 9.14. The van der Waals surface area contributed by atoms with E-state index in [9.17, 15) is 26.3 Å². The van der Waals surface area contributed by atoms with Gasteiger partial charge in [0.2, 0.25) is 0 Å². The van der Waals surface area contributed by atoms with Crippen LogP contribution in [0.2, 0.25) is 0 Å². The predicted octanol–water partition coefficient (Wildman–Crippen LogP) is 7.26. The average molecular weight is 451 g/mol. The molecule has 0 radical (unpaired) electrons. The molecule has 2 rings (SSSR count). The van der Waals surface area contributed by atoms with Crippen molar-refractivity contribution in [2.75, 3.05) is 20.2 Å². The van der Waals surface area contributed by atoms with Crippen LogP contribution in [0.4, 0.5) is 26.3 Å². The number of hydrogen-bond acceptors (Lipinski definition) is 2. The summed E-state index contributed by atoms with van der Waals surface area (Å²) in [4.78, 5) is 2.18. The number of nitrogens with zero attached hydrogens (tertiary/aromatic N) is 1. The van der Waals surface area contributed by atoms with Crippen LogP contribution in [0, 0.1) is 5.41 Å². The minimum absolute atomic E-state index is 0.120. The number of alkyl halides is 6. The van der Waals surface area contributed by atoms with E-state index in [0.29, 0.717) is 0 Å². The highest BCUT2D eigenvalue weighted by atomic mass is 19.4. The number of halogens is 6. The number of piperidine rings is 1. The van der Waals surface area contributed by atoms with Gasteiger partial charge in [-0.1, -0.05) is 19.1 Å². The molecule has 0 saturated carbocycles. The van der Waals surface area contributed by atoms with Crippen molar-refractivity contribution in [3.05, 3.63) is 47.0 Å². The summed E-state index contributed by atoms with van der Waals surface area (Å²) in [7, 11) is 1.98. The van der Waals surface area contributed by atoms with E-state index in [2.05, 4.69) is 17.9 Å². The number of hydrogen-bond donors (Lipinski definition) is 0. The van der Waals surface area contributed by atoms with Crippen LogP contribution in [0.25, 0.3) is 0 Å². The Hall–Kier alpha value is -1.54. The fraction of sp³-hybridized carbons (Fsp3) is 0.652. The van der Waals surface area contributed by atoms with E-state index < -0.39 is 29.6 Å². The number of likely N-dealkylation sites (N-methyl/N-ethyl adjacent to an activating group) is 1. The van der Waals surface area contributed by atoms with Gasteiger partial charge in [0.25, 0.3) is 0 Å². The highest BCUT2D eigenvalue weighted by Gasteiger charge is 2.41. The third-order valence-electron chi connectivity index (χ3n) is 6.38. The molecule has 0 aliphatic carbocycles. The molecule has 8 heteroatoms. The SMILES string of the molecule is C/C=C/CC1(C)CCC(C)(COC(C)c2cc(C(F)(F)F)cc(C(F)(F)F)c2)N(C)C1. The monoisotopic (exact) mass is 451 g/mol. The molecule has 1 aromatic rings. The smallest absolute Gasteiger partial charge is 0.372 e. The van der Waals surface area contributed by atoms with Crippen molar-refractivity contribution in [2.45, 2.75) is 71.0 Å². The van der Waals surface area contributed by atoms with E-state index in [1.54, 1.807) is 0 Å². The summed E-state index contributed by atoms with van der Waals surface area (Å²) in [5.74, 6) is 0. The van der Waals surface area contributed by atoms with Crippen molar-refractivity contribution in [3.63, 3.8) is 0 Å². The van der Waals surface area contributed by atoms with E-state index >= 15 is 0 Å². The number of allylic oxidation sites excluding steroid dienone is 2. The van der Waals surface area contributed by atoms with Gasteiger partial charge in [0.1, 0.15) is 0 Å². The van der Waals surface area contributed by atoms with Crippen molar-refractivity contribution in [1.82, 2.24) is 4.90 Å². The van der Waals surface area contributed by atoms with Crippen LogP contribution in [0.5, 0.6) is 0 Å². The molecule has 1 heterocycles. The van der Waals surface area contributed by atoms with E-state index in [1.807, 2.05) is 27.0 Å². The predicted molar refractivity (Wildman–Crippen MR) is 109 cm³/mol. The van der Waals surface area contributed by atoms with Gasteiger partial charge in [-0.3, -0.25) is 4.90 Å². The summed E-state index contributed by atoms with van der Waals surface area (Å²) in [6, 6.07) is 1.61. The molecular weight excluding hydrogens is 420 g/mol. The Bertz CT molecular complexity index is 755. The lowest BCUT2D eigenvalue weighted by atomic mass is 9.73. The Morgan fingerprint density at radius 2 is 1.58 bits per heavy atom. The molecule has 1 aliphatic rings. The maximum Gasteiger partial charge on any atom is 0.416 e. The molecule has 2 nitrogen and oxygen atoms in total. The quantitative estimate of drug-likeness (QED) is 0.333. The Labute approximate surface area is 180 Å². The first kappa shape index (κ1) is 25.7. The average Bonchev–Trinajstić information content (AvgIpc) is 2.66. The van der Waals surface area contributed by atoms with Gasteiger partial charge in [0.05, 0.1) is 23.8 Å². The number of ether oxygens (including phenoxy) is 1. The molecular formula is C23H31F6NO. The lowest BCUT2D eigenvalue weighted by Gasteiger charge is -2.50. The Morgan fingerprint density at radius 1 is 1.03 bits per heavy atom. The highest BCUT2D eigenvalue weighted by Crippen LogP contribution is 2.41. The normalized spacial score (nSPS) is 27.1. The van der Waals surface area contributed by atoms with Crippen LogP contribution in [-0.2, 0) is 17.1 Å². The summed E-state index contributed by atoms with van der Waals surface area (Å²) in [5, 5.41) is 0. The van der Waals surface area contributed by atoms with Gasteiger partial charge in [-0.15, -0.1) is 0 Å². The summed E-state index contributed by atoms with van der Waals surface area (Å²) in [6.45, 7) is 8.73. The van der Waals surface area contributed by atoms with E-state index in [1.165, 1.54) is 6.92 Å². The zero-order valence-electron chi connectivity index (χ0n) is 18.6. The molecule has 0 spiro atoms. The molecule has 1 aliphatic heterocycles. The van der Waals surface area contributed by atoms with Gasteiger partial charge in [-0.2, -0.15) is 26.3 Å². The van der Waals surface area contributed by atoms with Gasteiger partial charge in [-0.05, 0) is 76.3 Å². The Balaban J connectivity index is 2.16. The van der Waals surface area contributed by atoms with Crippen LogP contribution in [0.1, 0.15) is 69.8 Å². The summed E-state index contributed by atoms with van der Waals surface area (Å²) < 4.78 is 84.6. The van der Waals surface area contributed by atoms with Gasteiger partial charge in [-0.25, -0.2) is 0 Å². The maximum absolute atomic E-state index is 13.1. The highest BCUT2D eigenvalue weighted by molar-refractivity contribution is 5.34. The minimum Gasteiger partial charge on any atom is -0.372 e. The molecule has 0 bridgehead atoms. The fourth-order valence-corrected chi connectivity index (χ4v) is 3.97. The zero-order chi connectivity index (χ0) is 23.7. The van der Waals surface area contributed by atoms with Crippen molar-refractivity contribution < 1.29 is 31.1 Å². The first-order chi connectivity index (χ1) is 14.1. The molecule has 1 saturated heterocycles. The molecule has 1 fully saturated rings. The lowest BCUT2D eigenvalue weighted by molar-refractivity contribution is -0.143. The molecule has 0 N–H and O–H groups in total. The maximum atomic E-state index is 13.1. The van der Waals surface area contributed by atoms with E-state index in [4.69, 9.17) is 4.74 Å². The zero-order valence-corrected chi connectivity index (χ0v) is 18.6. The largest absolute Gasteiger partial charge is 0.416 e. The Kier molecular flexibility index (Phi) is 7.58.